The van der Waals surface area contributed by atoms with Crippen LogP contribution >= 0.6 is 0 Å². The third-order valence-electron chi connectivity index (χ3n) is 3.64. The van der Waals surface area contributed by atoms with E-state index in [1.807, 2.05) is 30.3 Å². The first-order valence-corrected chi connectivity index (χ1v) is 6.76. The quantitative estimate of drug-likeness (QED) is 0.907. The van der Waals surface area contributed by atoms with Crippen molar-refractivity contribution in [2.75, 3.05) is 13.6 Å². The molecule has 0 bridgehead atoms. The summed E-state index contributed by atoms with van der Waals surface area (Å²) in [5.74, 6) is 0.189. The van der Waals surface area contributed by atoms with Crippen molar-refractivity contribution in [3.8, 4) is 0 Å². The highest BCUT2D eigenvalue weighted by Gasteiger charge is 2.27. The molecule has 2 unspecified atom stereocenters. The fourth-order valence-electron chi connectivity index (χ4n) is 2.49. The van der Waals surface area contributed by atoms with Gasteiger partial charge in [0.15, 0.2) is 0 Å². The van der Waals surface area contributed by atoms with Crippen LogP contribution < -0.4 is 0 Å². The van der Waals surface area contributed by atoms with Crippen LogP contribution in [0.3, 0.4) is 0 Å². The summed E-state index contributed by atoms with van der Waals surface area (Å²) >= 11 is 0. The van der Waals surface area contributed by atoms with E-state index in [-0.39, 0.29) is 24.7 Å². The van der Waals surface area contributed by atoms with E-state index in [0.29, 0.717) is 6.54 Å². The molecule has 0 heterocycles. The number of amides is 1. The lowest BCUT2D eigenvalue weighted by Crippen LogP contribution is -2.34. The van der Waals surface area contributed by atoms with E-state index in [2.05, 4.69) is 0 Å². The molecule has 1 saturated carbocycles. The topological polar surface area (TPSA) is 49.8 Å². The molecule has 1 aromatic carbocycles. The maximum Gasteiger partial charge on any atom is 0.409 e. The lowest BCUT2D eigenvalue weighted by atomic mass is 10.1. The number of aliphatic hydroxyl groups excluding tert-OH is 1. The summed E-state index contributed by atoms with van der Waals surface area (Å²) in [4.78, 5) is 13.4. The van der Waals surface area contributed by atoms with Gasteiger partial charge in [0.25, 0.3) is 0 Å². The minimum Gasteiger partial charge on any atom is -0.445 e. The summed E-state index contributed by atoms with van der Waals surface area (Å²) in [6, 6.07) is 9.62. The number of ether oxygens (including phenoxy) is 1. The number of aliphatic hydroxyl groups is 1. The van der Waals surface area contributed by atoms with E-state index in [1.54, 1.807) is 11.9 Å². The van der Waals surface area contributed by atoms with Gasteiger partial charge in [-0.2, -0.15) is 0 Å². The van der Waals surface area contributed by atoms with E-state index < -0.39 is 0 Å². The molecule has 0 saturated heterocycles. The van der Waals surface area contributed by atoms with Gasteiger partial charge in [-0.05, 0) is 18.4 Å². The average molecular weight is 263 g/mol. The molecule has 0 aromatic heterocycles. The number of nitrogens with zero attached hydrogens (tertiary/aromatic N) is 1. The molecular weight excluding hydrogens is 242 g/mol. The fourth-order valence-corrected chi connectivity index (χ4v) is 2.49. The Hall–Kier alpha value is -1.55. The van der Waals surface area contributed by atoms with Crippen molar-refractivity contribution in [2.24, 2.45) is 5.92 Å². The van der Waals surface area contributed by atoms with E-state index in [9.17, 15) is 9.90 Å². The third kappa shape index (κ3) is 3.96. The van der Waals surface area contributed by atoms with E-state index >= 15 is 0 Å². The van der Waals surface area contributed by atoms with Crippen molar-refractivity contribution in [1.29, 1.82) is 0 Å². The predicted octanol–water partition coefficient (Wildman–Crippen LogP) is 2.42. The Morgan fingerprint density at radius 2 is 2.11 bits per heavy atom. The minimum absolute atomic E-state index is 0.189. The van der Waals surface area contributed by atoms with Gasteiger partial charge in [0.2, 0.25) is 0 Å². The lowest BCUT2D eigenvalue weighted by Gasteiger charge is -2.22. The van der Waals surface area contributed by atoms with Crippen molar-refractivity contribution >= 4 is 6.09 Å². The Balaban J connectivity index is 1.76. The van der Waals surface area contributed by atoms with Crippen LogP contribution in [0.25, 0.3) is 0 Å². The molecule has 1 fully saturated rings. The van der Waals surface area contributed by atoms with Crippen LogP contribution in [0.15, 0.2) is 30.3 Å². The zero-order valence-corrected chi connectivity index (χ0v) is 11.3. The molecule has 1 aliphatic rings. The van der Waals surface area contributed by atoms with Crippen LogP contribution in [-0.2, 0) is 11.3 Å². The second-order valence-electron chi connectivity index (χ2n) is 5.18. The van der Waals surface area contributed by atoms with E-state index in [4.69, 9.17) is 4.74 Å². The largest absolute Gasteiger partial charge is 0.445 e. The van der Waals surface area contributed by atoms with Gasteiger partial charge >= 0.3 is 6.09 Å². The summed E-state index contributed by atoms with van der Waals surface area (Å²) in [6.07, 6.45) is 2.26. The smallest absolute Gasteiger partial charge is 0.409 e. The summed E-state index contributed by atoms with van der Waals surface area (Å²) < 4.78 is 5.24. The van der Waals surface area contributed by atoms with Crippen molar-refractivity contribution in [3.63, 3.8) is 0 Å². The lowest BCUT2D eigenvalue weighted by molar-refractivity contribution is 0.0795. The number of carbonyl (C=O) groups excluding carboxylic acids is 1. The molecule has 1 N–H and O–H groups in total. The molecule has 104 valence electrons. The number of hydrogen-bond donors (Lipinski definition) is 1. The molecule has 1 amide bonds. The maximum atomic E-state index is 11.8. The first-order valence-electron chi connectivity index (χ1n) is 6.76. The second kappa shape index (κ2) is 6.57. The first-order chi connectivity index (χ1) is 9.16. The van der Waals surface area contributed by atoms with E-state index in [1.165, 1.54) is 0 Å². The summed E-state index contributed by atoms with van der Waals surface area (Å²) in [5, 5.41) is 9.75. The maximum absolute atomic E-state index is 11.8. The number of carbonyl (C=O) groups is 1. The minimum atomic E-state index is -0.331. The van der Waals surface area contributed by atoms with Crippen LogP contribution in [0.2, 0.25) is 0 Å². The SMILES string of the molecule is CN(CC1CCCC1O)C(=O)OCc1ccccc1. The monoisotopic (exact) mass is 263 g/mol. The highest BCUT2D eigenvalue weighted by molar-refractivity contribution is 5.67. The average Bonchev–Trinajstić information content (AvgIpc) is 2.82. The van der Waals surface area contributed by atoms with Crippen LogP contribution in [0.5, 0.6) is 0 Å². The van der Waals surface area contributed by atoms with Crippen LogP contribution in [-0.4, -0.2) is 35.8 Å². The Labute approximate surface area is 114 Å². The number of hydrogen-bond acceptors (Lipinski definition) is 3. The second-order valence-corrected chi connectivity index (χ2v) is 5.18. The summed E-state index contributed by atoms with van der Waals surface area (Å²) in [5.41, 5.74) is 0.977. The molecule has 2 atom stereocenters. The van der Waals surface area contributed by atoms with Gasteiger partial charge in [-0.3, -0.25) is 0 Å². The molecule has 4 nitrogen and oxygen atoms in total. The Kier molecular flexibility index (Phi) is 4.80. The Bertz CT molecular complexity index is 407. The van der Waals surface area contributed by atoms with Crippen LogP contribution in [0.4, 0.5) is 4.79 Å². The van der Waals surface area contributed by atoms with E-state index in [0.717, 1.165) is 24.8 Å². The van der Waals surface area contributed by atoms with Crippen molar-refractivity contribution < 1.29 is 14.6 Å². The predicted molar refractivity (Wildman–Crippen MR) is 72.6 cm³/mol. The van der Waals surface area contributed by atoms with Crippen molar-refractivity contribution in [1.82, 2.24) is 4.90 Å². The summed E-state index contributed by atoms with van der Waals surface area (Å²) in [6.45, 7) is 0.853. The Morgan fingerprint density at radius 1 is 1.37 bits per heavy atom. The van der Waals surface area contributed by atoms with Gasteiger partial charge in [-0.15, -0.1) is 0 Å². The molecule has 0 spiro atoms. The molecule has 2 rings (SSSR count). The van der Waals surface area contributed by atoms with Crippen molar-refractivity contribution in [2.45, 2.75) is 32.0 Å². The molecular formula is C15H21NO3. The molecule has 19 heavy (non-hydrogen) atoms. The molecule has 1 aliphatic carbocycles. The van der Waals surface area contributed by atoms with Gasteiger partial charge in [-0.1, -0.05) is 36.8 Å². The zero-order valence-electron chi connectivity index (χ0n) is 11.3. The highest BCUT2D eigenvalue weighted by Crippen LogP contribution is 2.26. The fraction of sp³-hybridized carbons (Fsp3) is 0.533. The normalized spacial score (nSPS) is 22.2. The van der Waals surface area contributed by atoms with Crippen LogP contribution in [0, 0.1) is 5.92 Å². The zero-order chi connectivity index (χ0) is 13.7. The van der Waals surface area contributed by atoms with Crippen LogP contribution in [0.1, 0.15) is 24.8 Å². The number of benzene rings is 1. The van der Waals surface area contributed by atoms with Gasteiger partial charge in [0, 0.05) is 19.5 Å². The summed E-state index contributed by atoms with van der Waals surface area (Å²) in [7, 11) is 1.72. The Morgan fingerprint density at radius 3 is 2.74 bits per heavy atom. The molecule has 4 heteroatoms. The first kappa shape index (κ1) is 13.9. The van der Waals surface area contributed by atoms with Gasteiger partial charge in [-0.25, -0.2) is 4.79 Å². The molecule has 0 radical (unpaired) electrons. The van der Waals surface area contributed by atoms with Crippen molar-refractivity contribution in [3.05, 3.63) is 35.9 Å². The molecule has 1 aromatic rings. The number of rotatable bonds is 4. The third-order valence-corrected chi connectivity index (χ3v) is 3.64. The standard InChI is InChI=1S/C15H21NO3/c1-16(10-13-8-5-9-14(13)17)15(18)19-11-12-6-3-2-4-7-12/h2-4,6-7,13-14,17H,5,8-11H2,1H3. The molecule has 0 aliphatic heterocycles. The highest BCUT2D eigenvalue weighted by atomic mass is 16.6. The van der Waals surface area contributed by atoms with Gasteiger partial charge in [0.05, 0.1) is 6.10 Å². The van der Waals surface area contributed by atoms with Gasteiger partial charge < -0.3 is 14.7 Å². The van der Waals surface area contributed by atoms with Gasteiger partial charge in [0.1, 0.15) is 6.61 Å².